The highest BCUT2D eigenvalue weighted by Gasteiger charge is 2.40. The van der Waals surface area contributed by atoms with Crippen molar-refractivity contribution in [2.24, 2.45) is 17.8 Å². The maximum Gasteiger partial charge on any atom is 0.0208 e. The lowest BCUT2D eigenvalue weighted by atomic mass is 9.97. The van der Waals surface area contributed by atoms with Gasteiger partial charge in [-0.05, 0) is 80.5 Å². The summed E-state index contributed by atoms with van der Waals surface area (Å²) in [6, 6.07) is 6.65. The van der Waals surface area contributed by atoms with E-state index in [1.54, 1.807) is 0 Å². The monoisotopic (exact) mass is 243 g/mol. The van der Waals surface area contributed by atoms with E-state index in [1.807, 2.05) is 0 Å². The highest BCUT2D eigenvalue weighted by molar-refractivity contribution is 5.32. The maximum absolute atomic E-state index is 3.71. The molecule has 0 atom stereocenters. The third kappa shape index (κ3) is 2.77. The Labute approximate surface area is 111 Å². The molecule has 0 heterocycles. The van der Waals surface area contributed by atoms with Crippen LogP contribution in [-0.4, -0.2) is 6.54 Å². The van der Waals surface area contributed by atoms with Crippen molar-refractivity contribution in [3.05, 3.63) is 34.9 Å². The molecule has 98 valence electrons. The predicted octanol–water partition coefficient (Wildman–Crippen LogP) is 3.83. The third-order valence-corrected chi connectivity index (χ3v) is 4.87. The Hall–Kier alpha value is -0.820. The van der Waals surface area contributed by atoms with Gasteiger partial charge in [0, 0.05) is 6.54 Å². The van der Waals surface area contributed by atoms with Gasteiger partial charge in [-0.25, -0.2) is 0 Å². The van der Waals surface area contributed by atoms with Crippen LogP contribution in [0.4, 0.5) is 0 Å². The van der Waals surface area contributed by atoms with Gasteiger partial charge < -0.3 is 5.32 Å². The molecule has 2 aliphatic carbocycles. The average molecular weight is 243 g/mol. The number of benzene rings is 1. The molecule has 0 spiro atoms. The van der Waals surface area contributed by atoms with Crippen LogP contribution in [0.25, 0.3) is 0 Å². The van der Waals surface area contributed by atoms with E-state index >= 15 is 0 Å². The van der Waals surface area contributed by atoms with Gasteiger partial charge in [-0.2, -0.15) is 0 Å². The molecule has 18 heavy (non-hydrogen) atoms. The Bertz CT molecular complexity index is 404. The summed E-state index contributed by atoms with van der Waals surface area (Å²) in [6.45, 7) is 6.73. The zero-order valence-electron chi connectivity index (χ0n) is 11.7. The predicted molar refractivity (Wildman–Crippen MR) is 76.6 cm³/mol. The van der Waals surface area contributed by atoms with E-state index in [2.05, 4.69) is 37.4 Å². The molecule has 0 radical (unpaired) electrons. The van der Waals surface area contributed by atoms with Gasteiger partial charge in [-0.3, -0.25) is 0 Å². The summed E-state index contributed by atoms with van der Waals surface area (Å²) < 4.78 is 0. The van der Waals surface area contributed by atoms with Gasteiger partial charge in [0.25, 0.3) is 0 Å². The van der Waals surface area contributed by atoms with E-state index in [-0.39, 0.29) is 0 Å². The smallest absolute Gasteiger partial charge is 0.0208 e. The summed E-state index contributed by atoms with van der Waals surface area (Å²) in [5.41, 5.74) is 4.34. The van der Waals surface area contributed by atoms with Crippen molar-refractivity contribution in [1.29, 1.82) is 0 Å². The molecule has 1 heteroatoms. The van der Waals surface area contributed by atoms with Gasteiger partial charge in [-0.15, -0.1) is 0 Å². The van der Waals surface area contributed by atoms with Crippen LogP contribution in [0.1, 0.15) is 42.4 Å². The molecule has 3 rings (SSSR count). The van der Waals surface area contributed by atoms with Gasteiger partial charge in [0.05, 0.1) is 0 Å². The number of hydrogen-bond donors (Lipinski definition) is 1. The molecule has 2 fully saturated rings. The zero-order valence-corrected chi connectivity index (χ0v) is 11.7. The Balaban J connectivity index is 1.52. The fourth-order valence-corrected chi connectivity index (χ4v) is 3.14. The molecule has 0 bridgehead atoms. The zero-order chi connectivity index (χ0) is 12.5. The largest absolute Gasteiger partial charge is 0.312 e. The van der Waals surface area contributed by atoms with E-state index < -0.39 is 0 Å². The Morgan fingerprint density at radius 1 is 1.11 bits per heavy atom. The average Bonchev–Trinajstić information content (AvgIpc) is 3.23. The van der Waals surface area contributed by atoms with Crippen molar-refractivity contribution in [1.82, 2.24) is 5.32 Å². The van der Waals surface area contributed by atoms with Crippen molar-refractivity contribution in [3.63, 3.8) is 0 Å². The first-order valence-electron chi connectivity index (χ1n) is 7.51. The molecule has 0 saturated heterocycles. The molecule has 1 N–H and O–H groups in total. The van der Waals surface area contributed by atoms with Crippen LogP contribution >= 0.6 is 0 Å². The van der Waals surface area contributed by atoms with Crippen LogP contribution in [-0.2, 0) is 6.54 Å². The topological polar surface area (TPSA) is 12.0 Å². The second-order valence-electron chi connectivity index (χ2n) is 6.33. The van der Waals surface area contributed by atoms with Crippen LogP contribution in [0.3, 0.4) is 0 Å². The second-order valence-corrected chi connectivity index (χ2v) is 6.33. The summed E-state index contributed by atoms with van der Waals surface area (Å²) in [5.74, 6) is 3.10. The van der Waals surface area contributed by atoms with E-state index in [9.17, 15) is 0 Å². The maximum atomic E-state index is 3.71. The van der Waals surface area contributed by atoms with E-state index in [0.29, 0.717) is 0 Å². The third-order valence-electron chi connectivity index (χ3n) is 4.87. The molecule has 1 nitrogen and oxygen atoms in total. The molecule has 1 aromatic carbocycles. The van der Waals surface area contributed by atoms with E-state index in [4.69, 9.17) is 0 Å². The summed E-state index contributed by atoms with van der Waals surface area (Å²) in [6.07, 6.45) is 5.97. The molecule has 0 amide bonds. The number of nitrogens with one attached hydrogen (secondary N) is 1. The van der Waals surface area contributed by atoms with Crippen molar-refractivity contribution in [3.8, 4) is 0 Å². The Morgan fingerprint density at radius 3 is 2.39 bits per heavy atom. The van der Waals surface area contributed by atoms with Gasteiger partial charge >= 0.3 is 0 Å². The molecule has 2 saturated carbocycles. The minimum Gasteiger partial charge on any atom is -0.312 e. The Kier molecular flexibility index (Phi) is 3.43. The molecule has 0 aromatic heterocycles. The van der Waals surface area contributed by atoms with E-state index in [0.717, 1.165) is 24.3 Å². The van der Waals surface area contributed by atoms with Crippen molar-refractivity contribution in [2.45, 2.75) is 46.1 Å². The molecule has 1 aromatic rings. The summed E-state index contributed by atoms with van der Waals surface area (Å²) in [5, 5.41) is 3.71. The highest BCUT2D eigenvalue weighted by atomic mass is 14.9. The van der Waals surface area contributed by atoms with Crippen LogP contribution in [0.15, 0.2) is 18.2 Å². The molecule has 2 aliphatic rings. The van der Waals surface area contributed by atoms with E-state index in [1.165, 1.54) is 48.9 Å². The van der Waals surface area contributed by atoms with Crippen LogP contribution in [0.2, 0.25) is 0 Å². The fraction of sp³-hybridized carbons (Fsp3) is 0.647. The standard InChI is InChI=1S/C17H25N/c1-12-4-3-5-16(13(12)2)10-18-11-17(14-6-7-14)15-8-9-15/h3-5,14-15,17-18H,6-11H2,1-2H3. The lowest BCUT2D eigenvalue weighted by Gasteiger charge is -2.17. The minimum absolute atomic E-state index is 0.982. The van der Waals surface area contributed by atoms with Crippen molar-refractivity contribution in [2.75, 3.05) is 6.54 Å². The Morgan fingerprint density at radius 2 is 1.78 bits per heavy atom. The van der Waals surface area contributed by atoms with Crippen LogP contribution < -0.4 is 5.32 Å². The molecular formula is C17H25N. The highest BCUT2D eigenvalue weighted by Crippen LogP contribution is 2.48. The van der Waals surface area contributed by atoms with Crippen LogP contribution in [0, 0.1) is 31.6 Å². The first-order chi connectivity index (χ1) is 8.75. The first kappa shape index (κ1) is 12.2. The number of rotatable bonds is 6. The number of aryl methyl sites for hydroxylation is 1. The lowest BCUT2D eigenvalue weighted by molar-refractivity contribution is 0.378. The van der Waals surface area contributed by atoms with Gasteiger partial charge in [0.2, 0.25) is 0 Å². The summed E-state index contributed by atoms with van der Waals surface area (Å²) >= 11 is 0. The normalized spacial score (nSPS) is 19.5. The second kappa shape index (κ2) is 5.05. The molecule has 0 aliphatic heterocycles. The molecular weight excluding hydrogens is 218 g/mol. The van der Waals surface area contributed by atoms with Gasteiger partial charge in [0.1, 0.15) is 0 Å². The van der Waals surface area contributed by atoms with Gasteiger partial charge in [0.15, 0.2) is 0 Å². The molecule has 0 unspecified atom stereocenters. The summed E-state index contributed by atoms with van der Waals surface area (Å²) in [4.78, 5) is 0. The van der Waals surface area contributed by atoms with Crippen LogP contribution in [0.5, 0.6) is 0 Å². The first-order valence-corrected chi connectivity index (χ1v) is 7.51. The van der Waals surface area contributed by atoms with Crippen molar-refractivity contribution < 1.29 is 0 Å². The lowest BCUT2D eigenvalue weighted by Crippen LogP contribution is -2.25. The van der Waals surface area contributed by atoms with Gasteiger partial charge in [-0.1, -0.05) is 18.2 Å². The minimum atomic E-state index is 0.982. The fourth-order valence-electron chi connectivity index (χ4n) is 3.14. The van der Waals surface area contributed by atoms with Crippen molar-refractivity contribution >= 4 is 0 Å². The quantitative estimate of drug-likeness (QED) is 0.800. The summed E-state index contributed by atoms with van der Waals surface area (Å²) in [7, 11) is 0. The number of hydrogen-bond acceptors (Lipinski definition) is 1. The SMILES string of the molecule is Cc1cccc(CNCC(C2CC2)C2CC2)c1C.